The second-order valence-electron chi connectivity index (χ2n) is 5.52. The lowest BCUT2D eigenvalue weighted by Gasteiger charge is -2.09. The molecule has 1 aromatic heterocycles. The van der Waals surface area contributed by atoms with Gasteiger partial charge in [-0.2, -0.15) is 0 Å². The summed E-state index contributed by atoms with van der Waals surface area (Å²) in [6, 6.07) is 13.7. The summed E-state index contributed by atoms with van der Waals surface area (Å²) in [6.07, 6.45) is 2.45. The number of anilines is 1. The molecule has 0 radical (unpaired) electrons. The van der Waals surface area contributed by atoms with E-state index in [4.69, 9.17) is 4.74 Å². The second kappa shape index (κ2) is 7.08. The van der Waals surface area contributed by atoms with Gasteiger partial charge in [-0.05, 0) is 41.8 Å². The van der Waals surface area contributed by atoms with Crippen molar-refractivity contribution in [2.75, 3.05) is 11.9 Å². The zero-order valence-corrected chi connectivity index (χ0v) is 13.7. The van der Waals surface area contributed by atoms with Gasteiger partial charge in [0.1, 0.15) is 6.33 Å². The summed E-state index contributed by atoms with van der Waals surface area (Å²) in [4.78, 5) is 19.6. The first kappa shape index (κ1) is 15.9. The van der Waals surface area contributed by atoms with E-state index in [1.165, 1.54) is 13.3 Å². The monoisotopic (exact) mass is 321 g/mol. The van der Waals surface area contributed by atoms with Crippen molar-refractivity contribution in [2.24, 2.45) is 0 Å². The smallest absolute Gasteiger partial charge is 0.224 e. The average Bonchev–Trinajstić information content (AvgIpc) is 2.59. The average molecular weight is 321 g/mol. The van der Waals surface area contributed by atoms with Crippen molar-refractivity contribution in [3.8, 4) is 17.0 Å². The largest absolute Gasteiger partial charge is 0.477 e. The Morgan fingerprint density at radius 3 is 2.54 bits per heavy atom. The number of ether oxygens (including phenoxy) is 1. The molecule has 5 nitrogen and oxygen atoms in total. The van der Waals surface area contributed by atoms with Crippen molar-refractivity contribution < 1.29 is 9.53 Å². The highest BCUT2D eigenvalue weighted by atomic mass is 16.5. The Morgan fingerprint density at radius 2 is 1.83 bits per heavy atom. The molecule has 0 aliphatic carbocycles. The Hall–Kier alpha value is -2.95. The molecule has 0 atom stereocenters. The Labute approximate surface area is 140 Å². The first-order chi connectivity index (χ1) is 11.7. The number of benzene rings is 2. The highest BCUT2D eigenvalue weighted by Gasteiger charge is 2.07. The molecule has 1 heterocycles. The molecule has 3 aromatic rings. The van der Waals surface area contributed by atoms with Gasteiger partial charge in [-0.15, -0.1) is 0 Å². The summed E-state index contributed by atoms with van der Waals surface area (Å²) >= 11 is 0. The Kier molecular flexibility index (Phi) is 4.70. The molecule has 0 aliphatic rings. The van der Waals surface area contributed by atoms with E-state index < -0.39 is 0 Å². The van der Waals surface area contributed by atoms with Crippen molar-refractivity contribution in [2.45, 2.75) is 20.3 Å². The molecule has 24 heavy (non-hydrogen) atoms. The molecular formula is C19H19N3O2. The van der Waals surface area contributed by atoms with Crippen LogP contribution in [-0.4, -0.2) is 22.5 Å². The molecule has 1 amide bonds. The third-order valence-electron chi connectivity index (χ3n) is 3.58. The van der Waals surface area contributed by atoms with Crippen LogP contribution >= 0.6 is 0 Å². The third-order valence-corrected chi connectivity index (χ3v) is 3.58. The summed E-state index contributed by atoms with van der Waals surface area (Å²) < 4.78 is 5.72. The standard InChI is InChI=1S/C19H19N3O2/c1-3-10-24-19-17-11-15(6-9-18(17)20-12-21-19)14-4-7-16(8-5-14)22-13(2)23/h4-9,11-12H,3,10H2,1-2H3,(H,22,23). The molecule has 0 unspecified atom stereocenters. The zero-order valence-electron chi connectivity index (χ0n) is 13.7. The van der Waals surface area contributed by atoms with Gasteiger partial charge in [-0.1, -0.05) is 25.1 Å². The van der Waals surface area contributed by atoms with Gasteiger partial charge in [-0.25, -0.2) is 9.97 Å². The summed E-state index contributed by atoms with van der Waals surface area (Å²) in [5.41, 5.74) is 3.74. The highest BCUT2D eigenvalue weighted by Crippen LogP contribution is 2.28. The number of fused-ring (bicyclic) bond motifs is 1. The van der Waals surface area contributed by atoms with E-state index in [0.29, 0.717) is 12.5 Å². The van der Waals surface area contributed by atoms with Gasteiger partial charge in [0, 0.05) is 12.6 Å². The van der Waals surface area contributed by atoms with Gasteiger partial charge in [-0.3, -0.25) is 4.79 Å². The van der Waals surface area contributed by atoms with Crippen LogP contribution in [0.15, 0.2) is 48.8 Å². The van der Waals surface area contributed by atoms with Gasteiger partial charge >= 0.3 is 0 Å². The van der Waals surface area contributed by atoms with Crippen LogP contribution in [0.5, 0.6) is 5.88 Å². The van der Waals surface area contributed by atoms with Crippen LogP contribution in [0, 0.1) is 0 Å². The van der Waals surface area contributed by atoms with Crippen LogP contribution in [0.2, 0.25) is 0 Å². The fourth-order valence-electron chi connectivity index (χ4n) is 2.48. The molecule has 0 fully saturated rings. The number of nitrogens with one attached hydrogen (secondary N) is 1. The summed E-state index contributed by atoms with van der Waals surface area (Å²) in [7, 11) is 0. The minimum atomic E-state index is -0.0803. The van der Waals surface area contributed by atoms with E-state index in [0.717, 1.165) is 34.1 Å². The van der Waals surface area contributed by atoms with Crippen LogP contribution in [0.1, 0.15) is 20.3 Å². The van der Waals surface area contributed by atoms with Gasteiger partial charge in [0.05, 0.1) is 17.5 Å². The molecule has 0 saturated carbocycles. The summed E-state index contributed by atoms with van der Waals surface area (Å²) in [6.45, 7) is 4.18. The number of nitrogens with zero attached hydrogens (tertiary/aromatic N) is 2. The van der Waals surface area contributed by atoms with Gasteiger partial charge in [0.15, 0.2) is 0 Å². The Balaban J connectivity index is 1.96. The molecular weight excluding hydrogens is 302 g/mol. The maximum absolute atomic E-state index is 11.1. The van der Waals surface area contributed by atoms with E-state index >= 15 is 0 Å². The first-order valence-corrected chi connectivity index (χ1v) is 7.93. The lowest BCUT2D eigenvalue weighted by atomic mass is 10.0. The van der Waals surface area contributed by atoms with Crippen LogP contribution in [0.25, 0.3) is 22.0 Å². The van der Waals surface area contributed by atoms with Crippen molar-refractivity contribution in [3.05, 3.63) is 48.8 Å². The Bertz CT molecular complexity index is 860. The zero-order chi connectivity index (χ0) is 16.9. The Morgan fingerprint density at radius 1 is 1.08 bits per heavy atom. The predicted molar refractivity (Wildman–Crippen MR) is 95.1 cm³/mol. The van der Waals surface area contributed by atoms with Crippen LogP contribution < -0.4 is 10.1 Å². The van der Waals surface area contributed by atoms with Gasteiger partial charge in [0.25, 0.3) is 0 Å². The maximum Gasteiger partial charge on any atom is 0.224 e. The minimum absolute atomic E-state index is 0.0803. The lowest BCUT2D eigenvalue weighted by molar-refractivity contribution is -0.114. The van der Waals surface area contributed by atoms with E-state index in [1.807, 2.05) is 42.5 Å². The normalized spacial score (nSPS) is 10.6. The SMILES string of the molecule is CCCOc1ncnc2ccc(-c3ccc(NC(C)=O)cc3)cc12. The number of hydrogen-bond acceptors (Lipinski definition) is 4. The molecule has 2 aromatic carbocycles. The van der Waals surface area contributed by atoms with Gasteiger partial charge < -0.3 is 10.1 Å². The van der Waals surface area contributed by atoms with Crippen LogP contribution in [0.3, 0.4) is 0 Å². The van der Waals surface area contributed by atoms with Crippen molar-refractivity contribution in [3.63, 3.8) is 0 Å². The van der Waals surface area contributed by atoms with E-state index in [9.17, 15) is 4.79 Å². The quantitative estimate of drug-likeness (QED) is 0.770. The lowest BCUT2D eigenvalue weighted by Crippen LogP contribution is -2.05. The summed E-state index contributed by atoms with van der Waals surface area (Å²) in [5, 5.41) is 3.66. The van der Waals surface area contributed by atoms with E-state index in [1.54, 1.807) is 0 Å². The number of amides is 1. The molecule has 0 bridgehead atoms. The maximum atomic E-state index is 11.1. The van der Waals surface area contributed by atoms with Crippen molar-refractivity contribution >= 4 is 22.5 Å². The van der Waals surface area contributed by atoms with Crippen molar-refractivity contribution in [1.82, 2.24) is 9.97 Å². The molecule has 0 saturated heterocycles. The fraction of sp³-hybridized carbons (Fsp3) is 0.211. The molecule has 0 aliphatic heterocycles. The number of rotatable bonds is 5. The molecule has 3 rings (SSSR count). The molecule has 5 heteroatoms. The molecule has 1 N–H and O–H groups in total. The van der Waals surface area contributed by atoms with Crippen molar-refractivity contribution in [1.29, 1.82) is 0 Å². The fourth-order valence-corrected chi connectivity index (χ4v) is 2.48. The first-order valence-electron chi connectivity index (χ1n) is 7.93. The van der Waals surface area contributed by atoms with Crippen LogP contribution in [-0.2, 0) is 4.79 Å². The number of carbonyl (C=O) groups excluding carboxylic acids is 1. The summed E-state index contributed by atoms with van der Waals surface area (Å²) in [5.74, 6) is 0.530. The van der Waals surface area contributed by atoms with E-state index in [2.05, 4.69) is 22.2 Å². The number of aromatic nitrogens is 2. The highest BCUT2D eigenvalue weighted by molar-refractivity contribution is 5.90. The molecule has 122 valence electrons. The molecule has 0 spiro atoms. The van der Waals surface area contributed by atoms with Crippen LogP contribution in [0.4, 0.5) is 5.69 Å². The third kappa shape index (κ3) is 3.51. The van der Waals surface area contributed by atoms with Gasteiger partial charge in [0.2, 0.25) is 11.8 Å². The number of hydrogen-bond donors (Lipinski definition) is 1. The van der Waals surface area contributed by atoms with E-state index in [-0.39, 0.29) is 5.91 Å². The second-order valence-corrected chi connectivity index (χ2v) is 5.52. The topological polar surface area (TPSA) is 64.1 Å². The predicted octanol–water partition coefficient (Wildman–Crippen LogP) is 4.04. The minimum Gasteiger partial charge on any atom is -0.477 e. The number of carbonyl (C=O) groups is 1.